The van der Waals surface area contributed by atoms with Gasteiger partial charge in [-0.2, -0.15) is 0 Å². The minimum atomic E-state index is -0.815. The molecule has 1 aromatic carbocycles. The number of ether oxygens (including phenoxy) is 1. The molecule has 0 unspecified atom stereocenters. The number of amides is 1. The molecule has 0 spiro atoms. The van der Waals surface area contributed by atoms with Crippen molar-refractivity contribution in [1.82, 2.24) is 10.2 Å². The van der Waals surface area contributed by atoms with E-state index in [1.165, 1.54) is 0 Å². The summed E-state index contributed by atoms with van der Waals surface area (Å²) in [7, 11) is 0. The Morgan fingerprint density at radius 1 is 1.29 bits per heavy atom. The molecule has 1 aromatic rings. The number of hydrogen-bond donors (Lipinski definition) is 2. The first-order valence-corrected chi connectivity index (χ1v) is 8.47. The predicted octanol–water partition coefficient (Wildman–Crippen LogP) is 1.82. The molecule has 132 valence electrons. The van der Waals surface area contributed by atoms with E-state index in [1.54, 1.807) is 0 Å². The van der Waals surface area contributed by atoms with Crippen molar-refractivity contribution in [2.75, 3.05) is 19.7 Å². The van der Waals surface area contributed by atoms with Gasteiger partial charge in [0, 0.05) is 18.7 Å². The van der Waals surface area contributed by atoms with E-state index in [1.807, 2.05) is 49.1 Å². The number of hydrogen-bond acceptors (Lipinski definition) is 4. The number of nitrogens with zero attached hydrogens (tertiary/aromatic N) is 1. The van der Waals surface area contributed by atoms with Crippen molar-refractivity contribution in [1.29, 1.82) is 0 Å². The quantitative estimate of drug-likeness (QED) is 0.720. The number of carbonyl (C=O) groups is 2. The van der Waals surface area contributed by atoms with Gasteiger partial charge in [-0.25, -0.2) is 0 Å². The van der Waals surface area contributed by atoms with E-state index >= 15 is 0 Å². The van der Waals surface area contributed by atoms with Crippen molar-refractivity contribution in [2.24, 2.45) is 0 Å². The Hall–Kier alpha value is -1.92. The number of aliphatic carboxylic acids is 1. The zero-order valence-corrected chi connectivity index (χ0v) is 14.3. The minimum Gasteiger partial charge on any atom is -0.480 e. The van der Waals surface area contributed by atoms with Crippen molar-refractivity contribution < 1.29 is 19.4 Å². The molecule has 0 aromatic heterocycles. The van der Waals surface area contributed by atoms with Crippen molar-refractivity contribution in [3.05, 3.63) is 35.9 Å². The van der Waals surface area contributed by atoms with E-state index in [-0.39, 0.29) is 24.5 Å². The van der Waals surface area contributed by atoms with Crippen LogP contribution in [0.5, 0.6) is 0 Å². The molecule has 1 aliphatic carbocycles. The SMILES string of the molecule is CCO[C@H](C(=O)NC1CC(N(CC)CC(=O)O)C1)c1ccccc1. The number of nitrogens with one attached hydrogen (secondary N) is 1. The lowest BCUT2D eigenvalue weighted by Crippen LogP contribution is -2.55. The summed E-state index contributed by atoms with van der Waals surface area (Å²) in [6.45, 7) is 5.03. The molecule has 2 rings (SSSR count). The highest BCUT2D eigenvalue weighted by molar-refractivity contribution is 5.82. The molecule has 1 saturated carbocycles. The normalized spacial score (nSPS) is 21.1. The van der Waals surface area contributed by atoms with Gasteiger partial charge in [0.25, 0.3) is 5.91 Å². The fraction of sp³-hybridized carbons (Fsp3) is 0.556. The number of benzene rings is 1. The Morgan fingerprint density at radius 3 is 2.50 bits per heavy atom. The number of carbonyl (C=O) groups excluding carboxylic acids is 1. The van der Waals surface area contributed by atoms with Gasteiger partial charge in [0.05, 0.1) is 6.54 Å². The Kier molecular flexibility index (Phi) is 6.75. The second-order valence-electron chi connectivity index (χ2n) is 6.03. The summed E-state index contributed by atoms with van der Waals surface area (Å²) in [6.07, 6.45) is 0.956. The van der Waals surface area contributed by atoms with Gasteiger partial charge in [0.2, 0.25) is 0 Å². The number of carboxylic acids is 1. The third kappa shape index (κ3) is 4.79. The summed E-state index contributed by atoms with van der Waals surface area (Å²) in [6, 6.07) is 9.75. The van der Waals surface area contributed by atoms with Crippen LogP contribution in [0.4, 0.5) is 0 Å². The Labute approximate surface area is 142 Å². The average molecular weight is 334 g/mol. The van der Waals surface area contributed by atoms with Crippen LogP contribution in [0.2, 0.25) is 0 Å². The van der Waals surface area contributed by atoms with Crippen LogP contribution in [0.1, 0.15) is 38.4 Å². The first-order chi connectivity index (χ1) is 11.5. The second kappa shape index (κ2) is 8.80. The van der Waals surface area contributed by atoms with Crippen LogP contribution in [-0.4, -0.2) is 53.7 Å². The van der Waals surface area contributed by atoms with Crippen LogP contribution >= 0.6 is 0 Å². The number of rotatable bonds is 9. The van der Waals surface area contributed by atoms with Crippen LogP contribution in [0, 0.1) is 0 Å². The molecule has 1 aliphatic rings. The smallest absolute Gasteiger partial charge is 0.317 e. The molecule has 1 amide bonds. The molecule has 2 N–H and O–H groups in total. The van der Waals surface area contributed by atoms with E-state index in [4.69, 9.17) is 9.84 Å². The van der Waals surface area contributed by atoms with E-state index in [0.29, 0.717) is 13.2 Å². The van der Waals surface area contributed by atoms with Crippen LogP contribution in [0.15, 0.2) is 30.3 Å². The fourth-order valence-corrected chi connectivity index (χ4v) is 3.07. The van der Waals surface area contributed by atoms with E-state index in [2.05, 4.69) is 5.32 Å². The maximum absolute atomic E-state index is 12.5. The molecule has 24 heavy (non-hydrogen) atoms. The van der Waals surface area contributed by atoms with Gasteiger partial charge in [0.1, 0.15) is 0 Å². The Bertz CT molecular complexity index is 543. The minimum absolute atomic E-state index is 0.0490. The van der Waals surface area contributed by atoms with Crippen molar-refractivity contribution in [2.45, 2.75) is 44.9 Å². The van der Waals surface area contributed by atoms with Gasteiger partial charge in [-0.15, -0.1) is 0 Å². The van der Waals surface area contributed by atoms with E-state index < -0.39 is 12.1 Å². The topological polar surface area (TPSA) is 78.9 Å². The first-order valence-electron chi connectivity index (χ1n) is 8.47. The zero-order valence-electron chi connectivity index (χ0n) is 14.3. The third-order valence-corrected chi connectivity index (χ3v) is 4.39. The largest absolute Gasteiger partial charge is 0.480 e. The van der Waals surface area contributed by atoms with Crippen LogP contribution < -0.4 is 5.32 Å². The summed E-state index contributed by atoms with van der Waals surface area (Å²) >= 11 is 0. The summed E-state index contributed by atoms with van der Waals surface area (Å²) in [5, 5.41) is 11.9. The monoisotopic (exact) mass is 334 g/mol. The van der Waals surface area contributed by atoms with Crippen molar-refractivity contribution in [3.63, 3.8) is 0 Å². The summed E-state index contributed by atoms with van der Waals surface area (Å²) in [4.78, 5) is 25.3. The third-order valence-electron chi connectivity index (χ3n) is 4.39. The molecule has 1 fully saturated rings. The van der Waals surface area contributed by atoms with Gasteiger partial charge in [-0.3, -0.25) is 14.5 Å². The van der Waals surface area contributed by atoms with E-state index in [0.717, 1.165) is 18.4 Å². The highest BCUT2D eigenvalue weighted by Crippen LogP contribution is 2.27. The van der Waals surface area contributed by atoms with Crippen LogP contribution in [0.3, 0.4) is 0 Å². The molecular weight excluding hydrogens is 308 g/mol. The first kappa shape index (κ1) is 18.4. The summed E-state index contributed by atoms with van der Waals surface area (Å²) in [5.41, 5.74) is 0.841. The predicted molar refractivity (Wildman–Crippen MR) is 90.6 cm³/mol. The lowest BCUT2D eigenvalue weighted by Gasteiger charge is -2.42. The molecular formula is C18H26N2O4. The molecule has 0 radical (unpaired) electrons. The average Bonchev–Trinajstić information content (AvgIpc) is 2.54. The summed E-state index contributed by atoms with van der Waals surface area (Å²) in [5.74, 6) is -0.947. The standard InChI is InChI=1S/C18H26N2O4/c1-3-20(12-16(21)22)15-10-14(11-15)19-18(23)17(24-4-2)13-8-6-5-7-9-13/h5-9,14-15,17H,3-4,10-12H2,1-2H3,(H,19,23)(H,21,22)/t14?,15?,17-/m0/s1. The molecule has 6 heteroatoms. The van der Waals surface area contributed by atoms with Crippen LogP contribution in [-0.2, 0) is 14.3 Å². The highest BCUT2D eigenvalue weighted by Gasteiger charge is 2.36. The molecule has 0 heterocycles. The Balaban J connectivity index is 1.87. The van der Waals surface area contributed by atoms with Gasteiger partial charge < -0.3 is 15.2 Å². The van der Waals surface area contributed by atoms with Gasteiger partial charge in [0.15, 0.2) is 6.10 Å². The van der Waals surface area contributed by atoms with Gasteiger partial charge in [-0.05, 0) is 31.9 Å². The van der Waals surface area contributed by atoms with Gasteiger partial charge >= 0.3 is 5.97 Å². The van der Waals surface area contributed by atoms with Crippen LogP contribution in [0.25, 0.3) is 0 Å². The maximum Gasteiger partial charge on any atom is 0.317 e. The van der Waals surface area contributed by atoms with E-state index in [9.17, 15) is 9.59 Å². The number of likely N-dealkylation sites (N-methyl/N-ethyl adjacent to an activating group) is 1. The lowest BCUT2D eigenvalue weighted by molar-refractivity contribution is -0.140. The molecule has 0 aliphatic heterocycles. The lowest BCUT2D eigenvalue weighted by atomic mass is 9.85. The fourth-order valence-electron chi connectivity index (χ4n) is 3.07. The van der Waals surface area contributed by atoms with Crippen molar-refractivity contribution in [3.8, 4) is 0 Å². The highest BCUT2D eigenvalue weighted by atomic mass is 16.5. The molecule has 6 nitrogen and oxygen atoms in total. The molecule has 1 atom stereocenters. The molecule has 0 bridgehead atoms. The maximum atomic E-state index is 12.5. The zero-order chi connectivity index (χ0) is 17.5. The summed E-state index contributed by atoms with van der Waals surface area (Å²) < 4.78 is 5.61. The van der Waals surface area contributed by atoms with Gasteiger partial charge in [-0.1, -0.05) is 37.3 Å². The Morgan fingerprint density at radius 2 is 1.96 bits per heavy atom. The second-order valence-corrected chi connectivity index (χ2v) is 6.03. The molecule has 0 saturated heterocycles. The number of carboxylic acid groups (broad SMARTS) is 1. The van der Waals surface area contributed by atoms with Crippen molar-refractivity contribution >= 4 is 11.9 Å².